The lowest BCUT2D eigenvalue weighted by Gasteiger charge is -2.17. The first-order valence-corrected chi connectivity index (χ1v) is 4.89. The first-order valence-electron chi connectivity index (χ1n) is 4.36. The second-order valence-corrected chi connectivity index (χ2v) is 3.45. The normalized spacial score (nSPS) is 13.9. The predicted octanol–water partition coefficient (Wildman–Crippen LogP) is 2.92. The van der Waals surface area contributed by atoms with Gasteiger partial charge in [0.2, 0.25) is 0 Å². The second kappa shape index (κ2) is 6.93. The third kappa shape index (κ3) is 5.51. The number of ether oxygens (including phenoxy) is 1. The van der Waals surface area contributed by atoms with E-state index in [2.05, 4.69) is 13.8 Å². The van der Waals surface area contributed by atoms with Crippen molar-refractivity contribution in [3.8, 4) is 0 Å². The Morgan fingerprint density at radius 2 is 2.00 bits per heavy atom. The Kier molecular flexibility index (Phi) is 7.09. The molecule has 0 heterocycles. The summed E-state index contributed by atoms with van der Waals surface area (Å²) >= 11 is 5.79. The molecular weight excluding hydrogens is 160 g/mol. The molecule has 0 rings (SSSR count). The van der Waals surface area contributed by atoms with E-state index in [1.54, 1.807) is 0 Å². The molecule has 1 nitrogen and oxygen atoms in total. The zero-order valence-corrected chi connectivity index (χ0v) is 8.53. The summed E-state index contributed by atoms with van der Waals surface area (Å²) in [5, 5.41) is 0. The SMILES string of the molecule is CCOCCC(CCl)C(C)C. The lowest BCUT2D eigenvalue weighted by Crippen LogP contribution is -2.13. The molecule has 0 fully saturated rings. The van der Waals surface area contributed by atoms with Gasteiger partial charge in [0.05, 0.1) is 0 Å². The minimum absolute atomic E-state index is 0.614. The summed E-state index contributed by atoms with van der Waals surface area (Å²) in [4.78, 5) is 0. The zero-order chi connectivity index (χ0) is 8.69. The van der Waals surface area contributed by atoms with Crippen LogP contribution in [0.5, 0.6) is 0 Å². The molecule has 1 atom stereocenters. The number of rotatable bonds is 6. The van der Waals surface area contributed by atoms with Gasteiger partial charge in [-0.25, -0.2) is 0 Å². The van der Waals surface area contributed by atoms with Crippen LogP contribution in [0.2, 0.25) is 0 Å². The van der Waals surface area contributed by atoms with E-state index in [1.165, 1.54) is 0 Å². The summed E-state index contributed by atoms with van der Waals surface area (Å²) < 4.78 is 5.26. The minimum atomic E-state index is 0.614. The Balaban J connectivity index is 3.36. The van der Waals surface area contributed by atoms with E-state index in [0.29, 0.717) is 11.8 Å². The van der Waals surface area contributed by atoms with Crippen LogP contribution < -0.4 is 0 Å². The summed E-state index contributed by atoms with van der Waals surface area (Å²) in [7, 11) is 0. The van der Waals surface area contributed by atoms with Gasteiger partial charge in [-0.3, -0.25) is 0 Å². The molecule has 2 heteroatoms. The van der Waals surface area contributed by atoms with Gasteiger partial charge in [-0.15, -0.1) is 11.6 Å². The number of alkyl halides is 1. The first-order chi connectivity index (χ1) is 5.22. The van der Waals surface area contributed by atoms with E-state index in [-0.39, 0.29) is 0 Å². The molecule has 0 radical (unpaired) electrons. The Hall–Kier alpha value is 0.250. The molecular formula is C9H19ClO. The van der Waals surface area contributed by atoms with Crippen molar-refractivity contribution in [3.63, 3.8) is 0 Å². The van der Waals surface area contributed by atoms with Crippen molar-refractivity contribution in [3.05, 3.63) is 0 Å². The van der Waals surface area contributed by atoms with Crippen LogP contribution in [0.1, 0.15) is 27.2 Å². The smallest absolute Gasteiger partial charge is 0.0469 e. The molecule has 0 aromatic rings. The molecule has 0 saturated carbocycles. The van der Waals surface area contributed by atoms with Crippen molar-refractivity contribution >= 4 is 11.6 Å². The molecule has 68 valence electrons. The van der Waals surface area contributed by atoms with Crippen LogP contribution in [-0.2, 0) is 4.74 Å². The van der Waals surface area contributed by atoms with Gasteiger partial charge in [0.15, 0.2) is 0 Å². The van der Waals surface area contributed by atoms with Gasteiger partial charge >= 0.3 is 0 Å². The minimum Gasteiger partial charge on any atom is -0.382 e. The van der Waals surface area contributed by atoms with Crippen LogP contribution in [0.25, 0.3) is 0 Å². The standard InChI is InChI=1S/C9H19ClO/c1-4-11-6-5-9(7-10)8(2)3/h8-9H,4-7H2,1-3H3. The molecule has 0 aliphatic rings. The molecule has 0 spiro atoms. The zero-order valence-electron chi connectivity index (χ0n) is 7.77. The predicted molar refractivity (Wildman–Crippen MR) is 50.2 cm³/mol. The van der Waals surface area contributed by atoms with Gasteiger partial charge in [-0.1, -0.05) is 13.8 Å². The summed E-state index contributed by atoms with van der Waals surface area (Å²) in [5.41, 5.74) is 0. The van der Waals surface area contributed by atoms with Crippen LogP contribution in [0.4, 0.5) is 0 Å². The molecule has 0 saturated heterocycles. The van der Waals surface area contributed by atoms with E-state index in [1.807, 2.05) is 6.92 Å². The van der Waals surface area contributed by atoms with E-state index >= 15 is 0 Å². The monoisotopic (exact) mass is 178 g/mol. The third-order valence-electron chi connectivity index (χ3n) is 1.98. The average Bonchev–Trinajstić information content (AvgIpc) is 1.97. The second-order valence-electron chi connectivity index (χ2n) is 3.14. The van der Waals surface area contributed by atoms with Crippen molar-refractivity contribution < 1.29 is 4.74 Å². The molecule has 0 aromatic carbocycles. The Morgan fingerprint density at radius 1 is 1.36 bits per heavy atom. The fraction of sp³-hybridized carbons (Fsp3) is 1.00. The highest BCUT2D eigenvalue weighted by Gasteiger charge is 2.10. The lowest BCUT2D eigenvalue weighted by molar-refractivity contribution is 0.128. The summed E-state index contributed by atoms with van der Waals surface area (Å²) in [6.45, 7) is 8.10. The van der Waals surface area contributed by atoms with Gasteiger partial charge < -0.3 is 4.74 Å². The summed E-state index contributed by atoms with van der Waals surface area (Å²) in [5.74, 6) is 2.04. The fourth-order valence-corrected chi connectivity index (χ4v) is 1.48. The van der Waals surface area contributed by atoms with Crippen molar-refractivity contribution in [2.75, 3.05) is 19.1 Å². The highest BCUT2D eigenvalue weighted by Crippen LogP contribution is 2.16. The topological polar surface area (TPSA) is 9.23 Å². The number of hydrogen-bond donors (Lipinski definition) is 0. The fourth-order valence-electron chi connectivity index (χ4n) is 0.968. The third-order valence-corrected chi connectivity index (χ3v) is 2.37. The first kappa shape index (κ1) is 11.2. The maximum absolute atomic E-state index is 5.79. The molecule has 11 heavy (non-hydrogen) atoms. The molecule has 1 unspecified atom stereocenters. The summed E-state index contributed by atoms with van der Waals surface area (Å²) in [6.07, 6.45) is 1.09. The molecule has 0 aliphatic carbocycles. The van der Waals surface area contributed by atoms with E-state index in [9.17, 15) is 0 Å². The van der Waals surface area contributed by atoms with E-state index in [4.69, 9.17) is 16.3 Å². The quantitative estimate of drug-likeness (QED) is 0.449. The van der Waals surface area contributed by atoms with Crippen molar-refractivity contribution in [2.45, 2.75) is 27.2 Å². The average molecular weight is 179 g/mol. The van der Waals surface area contributed by atoms with Crippen molar-refractivity contribution in [2.24, 2.45) is 11.8 Å². The molecule has 0 aliphatic heterocycles. The van der Waals surface area contributed by atoms with Gasteiger partial charge in [0, 0.05) is 19.1 Å². The van der Waals surface area contributed by atoms with Crippen LogP contribution in [0.15, 0.2) is 0 Å². The molecule has 0 aromatic heterocycles. The molecule has 0 amide bonds. The molecule has 0 N–H and O–H groups in total. The Labute approximate surface area is 75.1 Å². The van der Waals surface area contributed by atoms with Crippen molar-refractivity contribution in [1.82, 2.24) is 0 Å². The van der Waals surface area contributed by atoms with E-state index < -0.39 is 0 Å². The highest BCUT2D eigenvalue weighted by molar-refractivity contribution is 6.18. The molecule has 0 bridgehead atoms. The largest absolute Gasteiger partial charge is 0.382 e. The Morgan fingerprint density at radius 3 is 2.36 bits per heavy atom. The number of hydrogen-bond acceptors (Lipinski definition) is 1. The van der Waals surface area contributed by atoms with Gasteiger partial charge in [-0.05, 0) is 25.2 Å². The van der Waals surface area contributed by atoms with Gasteiger partial charge in [0.25, 0.3) is 0 Å². The van der Waals surface area contributed by atoms with Crippen LogP contribution >= 0.6 is 11.6 Å². The van der Waals surface area contributed by atoms with Gasteiger partial charge in [0.1, 0.15) is 0 Å². The highest BCUT2D eigenvalue weighted by atomic mass is 35.5. The van der Waals surface area contributed by atoms with Crippen LogP contribution in [-0.4, -0.2) is 19.1 Å². The van der Waals surface area contributed by atoms with E-state index in [0.717, 1.165) is 25.5 Å². The Bertz CT molecular complexity index is 83.6. The number of halogens is 1. The van der Waals surface area contributed by atoms with Gasteiger partial charge in [-0.2, -0.15) is 0 Å². The maximum Gasteiger partial charge on any atom is 0.0469 e. The lowest BCUT2D eigenvalue weighted by atomic mass is 9.95. The van der Waals surface area contributed by atoms with Crippen LogP contribution in [0.3, 0.4) is 0 Å². The summed E-state index contributed by atoms with van der Waals surface area (Å²) in [6, 6.07) is 0. The maximum atomic E-state index is 5.79. The van der Waals surface area contributed by atoms with Crippen molar-refractivity contribution in [1.29, 1.82) is 0 Å². The van der Waals surface area contributed by atoms with Crippen LogP contribution in [0, 0.1) is 11.8 Å².